The third-order valence-electron chi connectivity index (χ3n) is 5.47. The summed E-state index contributed by atoms with van der Waals surface area (Å²) in [6.45, 7) is 3.25. The van der Waals surface area contributed by atoms with Crippen molar-refractivity contribution in [1.29, 1.82) is 0 Å². The number of thiazole rings is 1. The van der Waals surface area contributed by atoms with Gasteiger partial charge in [-0.1, -0.05) is 36.0 Å². The van der Waals surface area contributed by atoms with Crippen LogP contribution >= 0.6 is 23.1 Å². The molecule has 1 amide bonds. The third-order valence-corrected chi connectivity index (χ3v) is 7.57. The fourth-order valence-electron chi connectivity index (χ4n) is 3.71. The summed E-state index contributed by atoms with van der Waals surface area (Å²) in [5.41, 5.74) is 2.96. The lowest BCUT2D eigenvalue weighted by Gasteiger charge is -2.13. The summed E-state index contributed by atoms with van der Waals surface area (Å²) in [6, 6.07) is 16.1. The predicted molar refractivity (Wildman–Crippen MR) is 130 cm³/mol. The van der Waals surface area contributed by atoms with Gasteiger partial charge in [0.05, 0.1) is 33.1 Å². The van der Waals surface area contributed by atoms with Crippen molar-refractivity contribution in [3.05, 3.63) is 59.1 Å². The van der Waals surface area contributed by atoms with Crippen molar-refractivity contribution in [2.75, 3.05) is 11.9 Å². The Morgan fingerprint density at radius 3 is 2.91 bits per heavy atom. The molecule has 1 saturated heterocycles. The first-order chi connectivity index (χ1) is 16.1. The lowest BCUT2D eigenvalue weighted by Crippen LogP contribution is -2.23. The van der Waals surface area contributed by atoms with Gasteiger partial charge in [-0.05, 0) is 60.0 Å². The SMILES string of the molecule is CC(Sc1nnnn1CC1CCCO1)C(=O)Nc1ccc(Cc2nc3ccccc3s2)cc1. The molecule has 3 heterocycles. The van der Waals surface area contributed by atoms with Crippen molar-refractivity contribution in [3.8, 4) is 0 Å². The Hall–Kier alpha value is -2.82. The summed E-state index contributed by atoms with van der Waals surface area (Å²) in [6.07, 6.45) is 2.98. The number of ether oxygens (including phenoxy) is 1. The molecule has 0 bridgehead atoms. The van der Waals surface area contributed by atoms with Gasteiger partial charge in [0.1, 0.15) is 0 Å². The van der Waals surface area contributed by atoms with Gasteiger partial charge in [-0.2, -0.15) is 0 Å². The summed E-state index contributed by atoms with van der Waals surface area (Å²) < 4.78 is 8.59. The van der Waals surface area contributed by atoms with Crippen LogP contribution in [0.3, 0.4) is 0 Å². The van der Waals surface area contributed by atoms with Crippen molar-refractivity contribution >= 4 is 44.9 Å². The number of carbonyl (C=O) groups is 1. The van der Waals surface area contributed by atoms with Crippen LogP contribution in [0, 0.1) is 0 Å². The Bertz CT molecular complexity index is 1200. The van der Waals surface area contributed by atoms with Crippen molar-refractivity contribution in [2.24, 2.45) is 0 Å². The molecule has 2 unspecified atom stereocenters. The number of fused-ring (bicyclic) bond motifs is 1. The maximum absolute atomic E-state index is 12.7. The average Bonchev–Trinajstić information content (AvgIpc) is 3.57. The van der Waals surface area contributed by atoms with E-state index in [4.69, 9.17) is 9.72 Å². The van der Waals surface area contributed by atoms with E-state index in [0.29, 0.717) is 11.7 Å². The summed E-state index contributed by atoms with van der Waals surface area (Å²) in [4.78, 5) is 17.4. The molecule has 33 heavy (non-hydrogen) atoms. The number of nitrogens with zero attached hydrogens (tertiary/aromatic N) is 5. The Morgan fingerprint density at radius 1 is 1.27 bits per heavy atom. The molecule has 0 aliphatic carbocycles. The molecule has 2 aromatic heterocycles. The minimum Gasteiger partial charge on any atom is -0.376 e. The van der Waals surface area contributed by atoms with Gasteiger partial charge in [0.25, 0.3) is 0 Å². The number of rotatable bonds is 8. The number of anilines is 1. The molecule has 1 aliphatic heterocycles. The van der Waals surface area contributed by atoms with Gasteiger partial charge in [-0.25, -0.2) is 9.67 Å². The molecule has 0 spiro atoms. The first kappa shape index (κ1) is 22.0. The van der Waals surface area contributed by atoms with E-state index in [-0.39, 0.29) is 17.3 Å². The molecule has 2 aromatic carbocycles. The van der Waals surface area contributed by atoms with Crippen LogP contribution in [0.1, 0.15) is 30.3 Å². The van der Waals surface area contributed by atoms with E-state index < -0.39 is 0 Å². The van der Waals surface area contributed by atoms with Crippen molar-refractivity contribution in [1.82, 2.24) is 25.2 Å². The summed E-state index contributed by atoms with van der Waals surface area (Å²) in [7, 11) is 0. The second-order valence-corrected chi connectivity index (χ2v) is 10.4. The number of tetrazole rings is 1. The van der Waals surface area contributed by atoms with Gasteiger partial charge in [-0.3, -0.25) is 4.79 Å². The number of para-hydroxylation sites is 1. The van der Waals surface area contributed by atoms with Crippen molar-refractivity contribution < 1.29 is 9.53 Å². The molecule has 8 nitrogen and oxygen atoms in total. The first-order valence-electron chi connectivity index (χ1n) is 10.9. The molecule has 4 aromatic rings. The summed E-state index contributed by atoms with van der Waals surface area (Å²) >= 11 is 3.06. The van der Waals surface area contributed by atoms with E-state index in [1.165, 1.54) is 16.5 Å². The van der Waals surface area contributed by atoms with Gasteiger partial charge in [-0.15, -0.1) is 16.4 Å². The quantitative estimate of drug-likeness (QED) is 0.378. The highest BCUT2D eigenvalue weighted by molar-refractivity contribution is 8.00. The molecule has 1 fully saturated rings. The van der Waals surface area contributed by atoms with Crippen molar-refractivity contribution in [2.45, 2.75) is 49.2 Å². The molecule has 1 aliphatic rings. The van der Waals surface area contributed by atoms with E-state index in [1.807, 2.05) is 49.4 Å². The molecule has 2 atom stereocenters. The fraction of sp³-hybridized carbons (Fsp3) is 0.348. The zero-order valence-corrected chi connectivity index (χ0v) is 19.8. The number of thioether (sulfide) groups is 1. The van der Waals surface area contributed by atoms with Crippen LogP contribution in [0.5, 0.6) is 0 Å². The van der Waals surface area contributed by atoms with Crippen LogP contribution in [0.2, 0.25) is 0 Å². The zero-order chi connectivity index (χ0) is 22.6. The van der Waals surface area contributed by atoms with Crippen LogP contribution in [0.15, 0.2) is 53.7 Å². The first-order valence-corrected chi connectivity index (χ1v) is 12.6. The van der Waals surface area contributed by atoms with Crippen LogP contribution in [0.25, 0.3) is 10.2 Å². The summed E-state index contributed by atoms with van der Waals surface area (Å²) in [5.74, 6) is -0.0920. The van der Waals surface area contributed by atoms with Crippen LogP contribution in [-0.2, 0) is 22.5 Å². The highest BCUT2D eigenvalue weighted by atomic mass is 32.2. The molecule has 1 N–H and O–H groups in total. The second-order valence-electron chi connectivity index (χ2n) is 7.98. The maximum atomic E-state index is 12.7. The normalized spacial score (nSPS) is 16.8. The van der Waals surface area contributed by atoms with Crippen LogP contribution in [-0.4, -0.2) is 49.1 Å². The Morgan fingerprint density at radius 2 is 2.12 bits per heavy atom. The topological polar surface area (TPSA) is 94.8 Å². The van der Waals surface area contributed by atoms with Crippen LogP contribution in [0.4, 0.5) is 5.69 Å². The standard InChI is InChI=1S/C23H24N6O2S2/c1-15(32-23-26-27-28-29(23)14-18-5-4-12-31-18)22(30)24-17-10-8-16(9-11-17)13-21-25-19-6-2-3-7-20(19)33-21/h2-3,6-11,15,18H,4-5,12-14H2,1H3,(H,24,30). The number of aromatic nitrogens is 5. The number of hydrogen-bond donors (Lipinski definition) is 1. The van der Waals surface area contributed by atoms with E-state index >= 15 is 0 Å². The van der Waals surface area contributed by atoms with Gasteiger partial charge in [0, 0.05) is 18.7 Å². The molecule has 10 heteroatoms. The largest absolute Gasteiger partial charge is 0.376 e. The lowest BCUT2D eigenvalue weighted by molar-refractivity contribution is -0.115. The Kier molecular flexibility index (Phi) is 6.65. The minimum atomic E-state index is -0.346. The smallest absolute Gasteiger partial charge is 0.237 e. The van der Waals surface area contributed by atoms with Gasteiger partial charge in [0.2, 0.25) is 11.1 Å². The Labute approximate surface area is 199 Å². The molecular formula is C23H24N6O2S2. The predicted octanol–water partition coefficient (Wildman–Crippen LogP) is 4.17. The molecular weight excluding hydrogens is 456 g/mol. The highest BCUT2D eigenvalue weighted by Gasteiger charge is 2.22. The highest BCUT2D eigenvalue weighted by Crippen LogP contribution is 2.25. The number of nitrogens with one attached hydrogen (secondary N) is 1. The third kappa shape index (κ3) is 5.40. The second kappa shape index (κ2) is 9.98. The van der Waals surface area contributed by atoms with Gasteiger partial charge >= 0.3 is 0 Å². The lowest BCUT2D eigenvalue weighted by atomic mass is 10.1. The molecule has 5 rings (SSSR count). The molecule has 0 saturated carbocycles. The zero-order valence-electron chi connectivity index (χ0n) is 18.2. The number of hydrogen-bond acceptors (Lipinski definition) is 8. The van der Waals surface area contributed by atoms with Gasteiger partial charge < -0.3 is 10.1 Å². The number of carbonyl (C=O) groups excluding carboxylic acids is 1. The maximum Gasteiger partial charge on any atom is 0.237 e. The molecule has 0 radical (unpaired) electrons. The van der Waals surface area contributed by atoms with Crippen molar-refractivity contribution in [3.63, 3.8) is 0 Å². The van der Waals surface area contributed by atoms with E-state index in [2.05, 4.69) is 26.9 Å². The number of amides is 1. The van der Waals surface area contributed by atoms with E-state index in [1.54, 1.807) is 16.0 Å². The fourth-order valence-corrected chi connectivity index (χ4v) is 5.51. The average molecular weight is 481 g/mol. The van der Waals surface area contributed by atoms with Crippen LogP contribution < -0.4 is 5.32 Å². The van der Waals surface area contributed by atoms with Gasteiger partial charge in [0.15, 0.2) is 0 Å². The van der Waals surface area contributed by atoms with E-state index in [9.17, 15) is 4.79 Å². The monoisotopic (exact) mass is 480 g/mol. The van der Waals surface area contributed by atoms with E-state index in [0.717, 1.165) is 47.6 Å². The number of benzene rings is 2. The Balaban J connectivity index is 1.16. The summed E-state index contributed by atoms with van der Waals surface area (Å²) in [5, 5.41) is 16.2. The minimum absolute atomic E-state index is 0.0920. The molecule has 170 valence electrons.